The first-order valence-corrected chi connectivity index (χ1v) is 11.2. The fourth-order valence-corrected chi connectivity index (χ4v) is 4.26. The maximum absolute atomic E-state index is 11.6. The molecule has 166 valence electrons. The number of methoxy groups -OCH3 is 2. The van der Waals surface area contributed by atoms with Crippen molar-refractivity contribution in [3.63, 3.8) is 0 Å². The van der Waals surface area contributed by atoms with E-state index in [9.17, 15) is 19.5 Å². The Morgan fingerprint density at radius 3 is 1.72 bits per heavy atom. The van der Waals surface area contributed by atoms with E-state index in [2.05, 4.69) is 31.9 Å². The van der Waals surface area contributed by atoms with Gasteiger partial charge in [0.15, 0.2) is 17.3 Å². The van der Waals surface area contributed by atoms with Crippen LogP contribution in [0.2, 0.25) is 0 Å². The Labute approximate surface area is 202 Å². The van der Waals surface area contributed by atoms with E-state index in [1.165, 1.54) is 31.4 Å². The third-order valence-corrected chi connectivity index (χ3v) is 6.11. The molecule has 0 bridgehead atoms. The van der Waals surface area contributed by atoms with Crippen LogP contribution in [0.4, 0.5) is 0 Å². The average molecular weight is 564 g/mol. The van der Waals surface area contributed by atoms with Crippen LogP contribution in [0, 0.1) is 0 Å². The quantitative estimate of drug-likeness (QED) is 0.558. The molecular weight excluding hydrogens is 544 g/mol. The highest BCUT2D eigenvalue weighted by molar-refractivity contribution is 9.10. The number of ketones is 3. The zero-order chi connectivity index (χ0) is 23.4. The van der Waals surface area contributed by atoms with Crippen LogP contribution >= 0.6 is 31.9 Å². The molecule has 8 heteroatoms. The van der Waals surface area contributed by atoms with Crippen LogP contribution in [0.1, 0.15) is 23.0 Å². The van der Waals surface area contributed by atoms with E-state index in [4.69, 9.17) is 9.47 Å². The van der Waals surface area contributed by atoms with Gasteiger partial charge in [0.2, 0.25) is 0 Å². The number of ether oxygens (including phenoxy) is 2. The van der Waals surface area contributed by atoms with Crippen molar-refractivity contribution in [2.24, 2.45) is 0 Å². The number of aliphatic hydroxyl groups excluding tert-OH is 1. The molecule has 0 spiro atoms. The van der Waals surface area contributed by atoms with Crippen molar-refractivity contribution in [1.29, 1.82) is 0 Å². The fourth-order valence-electron chi connectivity index (χ4n) is 3.58. The summed E-state index contributed by atoms with van der Waals surface area (Å²) in [5, 5.41) is 9.73. The van der Waals surface area contributed by atoms with Gasteiger partial charge < -0.3 is 14.6 Å². The maximum Gasteiger partial charge on any atom is 0.171 e. The lowest BCUT2D eigenvalue weighted by molar-refractivity contribution is -0.122. The zero-order valence-corrected chi connectivity index (χ0v) is 20.4. The average Bonchev–Trinajstić information content (AvgIpc) is 3.29. The Morgan fingerprint density at radius 2 is 1.25 bits per heavy atom. The summed E-state index contributed by atoms with van der Waals surface area (Å²) in [5.74, 6) is -0.587. The molecule has 0 heterocycles. The van der Waals surface area contributed by atoms with Crippen LogP contribution in [0.25, 0.3) is 0 Å². The van der Waals surface area contributed by atoms with Crippen molar-refractivity contribution in [2.45, 2.75) is 17.9 Å². The Morgan fingerprint density at radius 1 is 0.750 bits per heavy atom. The van der Waals surface area contributed by atoms with Gasteiger partial charge in [0.05, 0.1) is 26.2 Å². The van der Waals surface area contributed by atoms with E-state index in [1.54, 1.807) is 37.4 Å². The lowest BCUT2D eigenvalue weighted by Crippen LogP contribution is -2.18. The summed E-state index contributed by atoms with van der Waals surface area (Å²) >= 11 is 6.64. The van der Waals surface area contributed by atoms with Gasteiger partial charge in [-0.05, 0) is 42.5 Å². The second-order valence-electron chi connectivity index (χ2n) is 7.07. The Bertz CT molecular complexity index is 1100. The molecule has 0 aromatic heterocycles. The van der Waals surface area contributed by atoms with Gasteiger partial charge in [-0.25, -0.2) is 0 Å². The van der Waals surface area contributed by atoms with Gasteiger partial charge >= 0.3 is 0 Å². The monoisotopic (exact) mass is 562 g/mol. The minimum Gasteiger partial charge on any atom is -0.496 e. The molecule has 2 unspecified atom stereocenters. The van der Waals surface area contributed by atoms with Crippen molar-refractivity contribution in [2.75, 3.05) is 14.2 Å². The van der Waals surface area contributed by atoms with Crippen LogP contribution in [-0.4, -0.2) is 42.8 Å². The SMILES string of the molecule is COc1cc(Br)ccc1C1C(=O)C=CC1=O.COc1cc(Br)ccc1C1C(=O)C=CC1O. The Kier molecular flexibility index (Phi) is 7.82. The second-order valence-corrected chi connectivity index (χ2v) is 8.90. The molecule has 2 aliphatic carbocycles. The van der Waals surface area contributed by atoms with Crippen LogP contribution in [0.5, 0.6) is 11.5 Å². The highest BCUT2D eigenvalue weighted by Gasteiger charge is 2.33. The van der Waals surface area contributed by atoms with Crippen LogP contribution < -0.4 is 9.47 Å². The van der Waals surface area contributed by atoms with Crippen molar-refractivity contribution in [3.05, 3.63) is 80.8 Å². The lowest BCUT2D eigenvalue weighted by atomic mass is 9.93. The molecule has 6 nitrogen and oxygen atoms in total. The molecule has 2 aromatic rings. The molecule has 0 saturated heterocycles. The van der Waals surface area contributed by atoms with Crippen molar-refractivity contribution in [1.82, 2.24) is 0 Å². The van der Waals surface area contributed by atoms with Gasteiger partial charge in [-0.15, -0.1) is 0 Å². The predicted octanol–water partition coefficient (Wildman–Crippen LogP) is 4.29. The van der Waals surface area contributed by atoms with Crippen LogP contribution in [0.15, 0.2) is 69.6 Å². The number of benzene rings is 2. The molecule has 32 heavy (non-hydrogen) atoms. The molecule has 0 aliphatic heterocycles. The molecule has 0 amide bonds. The number of hydrogen-bond acceptors (Lipinski definition) is 6. The highest BCUT2D eigenvalue weighted by Crippen LogP contribution is 2.35. The summed E-state index contributed by atoms with van der Waals surface area (Å²) in [7, 11) is 3.06. The number of halogens is 2. The first-order chi connectivity index (χ1) is 15.3. The third kappa shape index (κ3) is 5.09. The first kappa shape index (κ1) is 24.1. The van der Waals surface area contributed by atoms with Gasteiger partial charge in [0.25, 0.3) is 0 Å². The van der Waals surface area contributed by atoms with E-state index >= 15 is 0 Å². The third-order valence-electron chi connectivity index (χ3n) is 5.12. The number of carbonyl (C=O) groups excluding carboxylic acids is 3. The van der Waals surface area contributed by atoms with Gasteiger partial charge in [0.1, 0.15) is 17.4 Å². The van der Waals surface area contributed by atoms with E-state index in [0.29, 0.717) is 22.6 Å². The van der Waals surface area contributed by atoms with E-state index < -0.39 is 17.9 Å². The minimum absolute atomic E-state index is 0.0897. The number of allylic oxidation sites excluding steroid dienone is 3. The fraction of sp³-hybridized carbons (Fsp3) is 0.208. The number of carbonyl (C=O) groups is 3. The predicted molar refractivity (Wildman–Crippen MR) is 126 cm³/mol. The molecule has 2 aromatic carbocycles. The van der Waals surface area contributed by atoms with Crippen molar-refractivity contribution in [3.8, 4) is 11.5 Å². The van der Waals surface area contributed by atoms with Crippen LogP contribution in [-0.2, 0) is 14.4 Å². The summed E-state index contributed by atoms with van der Waals surface area (Å²) < 4.78 is 12.1. The topological polar surface area (TPSA) is 89.9 Å². The standard InChI is InChI=1S/C12H11BrO3.C12H9BrO3/c2*1-16-11-6-7(13)2-3-8(11)12-9(14)4-5-10(12)15/h2-6,9,12,14H,1H3;2-6,12H,1H3. The summed E-state index contributed by atoms with van der Waals surface area (Å²) in [6.07, 6.45) is 4.79. The van der Waals surface area contributed by atoms with Crippen LogP contribution in [0.3, 0.4) is 0 Å². The minimum atomic E-state index is -0.762. The summed E-state index contributed by atoms with van der Waals surface area (Å²) in [6.45, 7) is 0. The molecule has 4 rings (SSSR count). The first-order valence-electron chi connectivity index (χ1n) is 9.59. The van der Waals surface area contributed by atoms with E-state index in [-0.39, 0.29) is 17.3 Å². The molecule has 2 aliphatic rings. The number of hydrogen-bond donors (Lipinski definition) is 1. The molecule has 0 saturated carbocycles. The largest absolute Gasteiger partial charge is 0.496 e. The summed E-state index contributed by atoms with van der Waals surface area (Å²) in [4.78, 5) is 34.8. The normalized spacial score (nSPS) is 19.8. The summed E-state index contributed by atoms with van der Waals surface area (Å²) in [6, 6.07) is 10.7. The molecule has 0 fully saturated rings. The molecule has 2 atom stereocenters. The zero-order valence-electron chi connectivity index (χ0n) is 17.2. The molecular formula is C24H20Br2O6. The van der Waals surface area contributed by atoms with Crippen molar-refractivity contribution < 1.29 is 29.0 Å². The number of aliphatic hydroxyl groups is 1. The highest BCUT2D eigenvalue weighted by atomic mass is 79.9. The Hall–Kier alpha value is -2.55. The molecule has 0 radical (unpaired) electrons. The van der Waals surface area contributed by atoms with Gasteiger partial charge in [-0.1, -0.05) is 50.1 Å². The van der Waals surface area contributed by atoms with Gasteiger partial charge in [0, 0.05) is 20.1 Å². The van der Waals surface area contributed by atoms with E-state index in [0.717, 1.165) is 8.95 Å². The Balaban J connectivity index is 0.000000181. The van der Waals surface area contributed by atoms with Crippen molar-refractivity contribution >= 4 is 49.2 Å². The van der Waals surface area contributed by atoms with E-state index in [1.807, 2.05) is 6.07 Å². The van der Waals surface area contributed by atoms with Gasteiger partial charge in [-0.3, -0.25) is 14.4 Å². The smallest absolute Gasteiger partial charge is 0.171 e. The molecule has 1 N–H and O–H groups in total. The lowest BCUT2D eigenvalue weighted by Gasteiger charge is -2.17. The van der Waals surface area contributed by atoms with Gasteiger partial charge in [-0.2, -0.15) is 0 Å². The number of rotatable bonds is 4. The summed E-state index contributed by atoms with van der Waals surface area (Å²) in [5.41, 5.74) is 1.33. The maximum atomic E-state index is 11.6. The second kappa shape index (κ2) is 10.4.